The van der Waals surface area contributed by atoms with Crippen LogP contribution in [-0.2, 0) is 22.0 Å². The highest BCUT2D eigenvalue weighted by Gasteiger charge is 2.18. The van der Waals surface area contributed by atoms with Gasteiger partial charge < -0.3 is 0 Å². The van der Waals surface area contributed by atoms with E-state index in [-0.39, 0.29) is 11.5 Å². The van der Waals surface area contributed by atoms with Gasteiger partial charge in [0.15, 0.2) is 15.6 Å². The molecule has 0 spiro atoms. The number of carbonyl (C=O) groups is 1. The zero-order valence-corrected chi connectivity index (χ0v) is 12.8. The van der Waals surface area contributed by atoms with Gasteiger partial charge in [0.1, 0.15) is 5.75 Å². The van der Waals surface area contributed by atoms with E-state index in [4.69, 9.17) is 0 Å². The van der Waals surface area contributed by atoms with Crippen molar-refractivity contribution in [1.82, 2.24) is 0 Å². The topological polar surface area (TPSA) is 51.2 Å². The largest absolute Gasteiger partial charge is 0.293 e. The van der Waals surface area contributed by atoms with Gasteiger partial charge in [-0.1, -0.05) is 61.5 Å². The van der Waals surface area contributed by atoms with Crippen LogP contribution in [0, 0.1) is 0 Å². The van der Waals surface area contributed by atoms with Crippen LogP contribution in [0.4, 0.5) is 0 Å². The number of benzene rings is 2. The zero-order chi connectivity index (χ0) is 15.3. The van der Waals surface area contributed by atoms with Crippen LogP contribution in [0.25, 0.3) is 0 Å². The molecule has 0 radical (unpaired) electrons. The molecule has 0 bridgehead atoms. The van der Waals surface area contributed by atoms with Crippen LogP contribution in [0.2, 0.25) is 0 Å². The van der Waals surface area contributed by atoms with Gasteiger partial charge in [0.05, 0.1) is 5.75 Å². The molecule has 0 heterocycles. The molecule has 4 heteroatoms. The highest BCUT2D eigenvalue weighted by atomic mass is 32.2. The van der Waals surface area contributed by atoms with Crippen molar-refractivity contribution in [3.63, 3.8) is 0 Å². The molecule has 0 unspecified atom stereocenters. The molecular formula is C17H18O3S. The van der Waals surface area contributed by atoms with Crippen LogP contribution < -0.4 is 0 Å². The second kappa shape index (κ2) is 6.68. The summed E-state index contributed by atoms with van der Waals surface area (Å²) in [5, 5.41) is 0. The summed E-state index contributed by atoms with van der Waals surface area (Å²) in [6.07, 6.45) is 0.890. The van der Waals surface area contributed by atoms with Crippen LogP contribution in [0.5, 0.6) is 0 Å². The molecule has 2 rings (SSSR count). The summed E-state index contributed by atoms with van der Waals surface area (Å²) in [6.45, 7) is 2.03. The van der Waals surface area contributed by atoms with Crippen molar-refractivity contribution < 1.29 is 13.2 Å². The molecular weight excluding hydrogens is 284 g/mol. The number of carbonyl (C=O) groups excluding carboxylic acids is 1. The maximum Gasteiger partial charge on any atom is 0.177 e. The van der Waals surface area contributed by atoms with Gasteiger partial charge in [-0.3, -0.25) is 4.79 Å². The first-order valence-corrected chi connectivity index (χ1v) is 8.69. The summed E-state index contributed by atoms with van der Waals surface area (Å²) in [7, 11) is -3.45. The van der Waals surface area contributed by atoms with E-state index in [1.807, 2.05) is 25.1 Å². The first kappa shape index (κ1) is 15.4. The van der Waals surface area contributed by atoms with Crippen molar-refractivity contribution >= 4 is 15.6 Å². The summed E-state index contributed by atoms with van der Waals surface area (Å²) in [5.74, 6) is -0.909. The fourth-order valence-corrected chi connectivity index (χ4v) is 3.46. The molecule has 0 aliphatic rings. The molecule has 2 aromatic carbocycles. The maximum absolute atomic E-state index is 12.1. The Labute approximate surface area is 125 Å². The SMILES string of the molecule is CCc1ccc(C(=O)CS(=O)(=O)Cc2ccccc2)cc1. The van der Waals surface area contributed by atoms with Crippen molar-refractivity contribution in [3.05, 3.63) is 71.3 Å². The van der Waals surface area contributed by atoms with Gasteiger partial charge in [-0.15, -0.1) is 0 Å². The monoisotopic (exact) mass is 302 g/mol. The molecule has 0 saturated heterocycles. The Morgan fingerprint density at radius 1 is 0.905 bits per heavy atom. The lowest BCUT2D eigenvalue weighted by atomic mass is 10.1. The molecule has 21 heavy (non-hydrogen) atoms. The van der Waals surface area contributed by atoms with Crippen molar-refractivity contribution in [1.29, 1.82) is 0 Å². The second-order valence-corrected chi connectivity index (χ2v) is 7.06. The standard InChI is InChI=1S/C17H18O3S/c1-2-14-8-10-16(11-9-14)17(18)13-21(19,20)12-15-6-4-3-5-7-15/h3-11H,2,12-13H2,1H3. The Hall–Kier alpha value is -1.94. The van der Waals surface area contributed by atoms with Gasteiger partial charge in [-0.2, -0.15) is 0 Å². The van der Waals surface area contributed by atoms with Gasteiger partial charge in [0.2, 0.25) is 0 Å². The molecule has 3 nitrogen and oxygen atoms in total. The van der Waals surface area contributed by atoms with E-state index in [0.717, 1.165) is 12.0 Å². The van der Waals surface area contributed by atoms with Crippen molar-refractivity contribution in [2.75, 3.05) is 5.75 Å². The van der Waals surface area contributed by atoms with Gasteiger partial charge in [0, 0.05) is 5.56 Å². The molecule has 0 atom stereocenters. The van der Waals surface area contributed by atoms with E-state index in [9.17, 15) is 13.2 Å². The Morgan fingerprint density at radius 2 is 1.52 bits per heavy atom. The molecule has 0 fully saturated rings. The van der Waals surface area contributed by atoms with Gasteiger partial charge in [-0.25, -0.2) is 8.42 Å². The fourth-order valence-electron chi connectivity index (χ4n) is 2.09. The molecule has 0 aliphatic heterocycles. The second-order valence-electron chi connectivity index (χ2n) is 4.99. The predicted molar refractivity (Wildman–Crippen MR) is 84.1 cm³/mol. The van der Waals surface area contributed by atoms with Crippen LogP contribution >= 0.6 is 0 Å². The van der Waals surface area contributed by atoms with Gasteiger partial charge in [0.25, 0.3) is 0 Å². The van der Waals surface area contributed by atoms with Crippen LogP contribution in [0.3, 0.4) is 0 Å². The number of ketones is 1. The minimum Gasteiger partial charge on any atom is -0.293 e. The third kappa shape index (κ3) is 4.53. The first-order valence-electron chi connectivity index (χ1n) is 6.86. The lowest BCUT2D eigenvalue weighted by Gasteiger charge is -2.05. The molecule has 0 amide bonds. The van der Waals surface area contributed by atoms with Crippen LogP contribution in [0.15, 0.2) is 54.6 Å². The lowest BCUT2D eigenvalue weighted by molar-refractivity contribution is 0.102. The predicted octanol–water partition coefficient (Wildman–Crippen LogP) is 3.05. The molecule has 110 valence electrons. The highest BCUT2D eigenvalue weighted by molar-refractivity contribution is 7.91. The molecule has 0 N–H and O–H groups in total. The Balaban J connectivity index is 2.07. The summed E-state index contributed by atoms with van der Waals surface area (Å²) in [5.41, 5.74) is 2.27. The number of hydrogen-bond acceptors (Lipinski definition) is 3. The van der Waals surface area contributed by atoms with E-state index < -0.39 is 15.6 Å². The Bertz CT molecular complexity index is 701. The summed E-state index contributed by atoms with van der Waals surface area (Å²) in [4.78, 5) is 12.1. The number of Topliss-reactive ketones (excluding diaryl/α,β-unsaturated/α-hetero) is 1. The Morgan fingerprint density at radius 3 is 2.10 bits per heavy atom. The minimum absolute atomic E-state index is 0.105. The number of rotatable bonds is 6. The first-order chi connectivity index (χ1) is 10.00. The third-order valence-corrected chi connectivity index (χ3v) is 4.74. The number of aryl methyl sites for hydroxylation is 1. The third-order valence-electron chi connectivity index (χ3n) is 3.26. The molecule has 2 aromatic rings. The van der Waals surface area contributed by atoms with E-state index in [1.165, 1.54) is 0 Å². The summed E-state index contributed by atoms with van der Waals surface area (Å²) >= 11 is 0. The zero-order valence-electron chi connectivity index (χ0n) is 12.0. The van der Waals surface area contributed by atoms with Crippen LogP contribution in [0.1, 0.15) is 28.4 Å². The van der Waals surface area contributed by atoms with E-state index >= 15 is 0 Å². The van der Waals surface area contributed by atoms with Crippen LogP contribution in [-0.4, -0.2) is 20.0 Å². The maximum atomic E-state index is 12.1. The van der Waals surface area contributed by atoms with Gasteiger partial charge in [-0.05, 0) is 17.5 Å². The number of hydrogen-bond donors (Lipinski definition) is 0. The van der Waals surface area contributed by atoms with Crippen molar-refractivity contribution in [2.45, 2.75) is 19.1 Å². The molecule has 0 aliphatic carbocycles. The van der Waals surface area contributed by atoms with Crippen molar-refractivity contribution in [3.8, 4) is 0 Å². The van der Waals surface area contributed by atoms with Gasteiger partial charge >= 0.3 is 0 Å². The average molecular weight is 302 g/mol. The van der Waals surface area contributed by atoms with E-state index in [2.05, 4.69) is 0 Å². The summed E-state index contributed by atoms with van der Waals surface area (Å²) in [6, 6.07) is 16.0. The quantitative estimate of drug-likeness (QED) is 0.771. The van der Waals surface area contributed by atoms with E-state index in [0.29, 0.717) is 11.1 Å². The fraction of sp³-hybridized carbons (Fsp3) is 0.235. The number of sulfone groups is 1. The minimum atomic E-state index is -3.45. The van der Waals surface area contributed by atoms with Crippen molar-refractivity contribution in [2.24, 2.45) is 0 Å². The normalized spacial score (nSPS) is 11.3. The lowest BCUT2D eigenvalue weighted by Crippen LogP contribution is -2.18. The van der Waals surface area contributed by atoms with E-state index in [1.54, 1.807) is 36.4 Å². The average Bonchev–Trinajstić information content (AvgIpc) is 2.47. The Kier molecular flexibility index (Phi) is 4.91. The highest BCUT2D eigenvalue weighted by Crippen LogP contribution is 2.10. The summed E-state index contributed by atoms with van der Waals surface area (Å²) < 4.78 is 24.2. The molecule has 0 saturated carbocycles. The molecule has 0 aromatic heterocycles. The smallest absolute Gasteiger partial charge is 0.177 e.